The molecule has 0 aliphatic rings. The Morgan fingerprint density at radius 3 is 2.28 bits per heavy atom. The zero-order valence-electron chi connectivity index (χ0n) is 19.6. The topological polar surface area (TPSA) is 83.3 Å². The van der Waals surface area contributed by atoms with Gasteiger partial charge >= 0.3 is 5.69 Å². The van der Waals surface area contributed by atoms with E-state index in [1.807, 2.05) is 36.4 Å². The smallest absolute Gasteiger partial charge is 0.307 e. The number of carbonyl (C=O) groups is 1. The first-order chi connectivity index (χ1) is 14.9. The van der Waals surface area contributed by atoms with Crippen LogP contribution in [0.1, 0.15) is 50.7 Å². The summed E-state index contributed by atoms with van der Waals surface area (Å²) in [5.74, 6) is 0.415. The highest BCUT2D eigenvalue weighted by Gasteiger charge is 2.27. The Hall–Kier alpha value is -3.42. The normalized spacial score (nSPS) is 13.2. The lowest BCUT2D eigenvalue weighted by atomic mass is 9.91. The lowest BCUT2D eigenvalue weighted by molar-refractivity contribution is -0.127. The number of hydrogen-bond donors (Lipinski definition) is 0. The van der Waals surface area contributed by atoms with Crippen LogP contribution in [0.2, 0.25) is 0 Å². The molecule has 1 unspecified atom stereocenters. The van der Waals surface area contributed by atoms with Gasteiger partial charge in [-0.2, -0.15) is 4.98 Å². The lowest BCUT2D eigenvalue weighted by Crippen LogP contribution is -2.43. The van der Waals surface area contributed by atoms with Crippen LogP contribution in [0.15, 0.2) is 39.9 Å². The predicted octanol–water partition coefficient (Wildman–Crippen LogP) is 2.99. The summed E-state index contributed by atoms with van der Waals surface area (Å²) >= 11 is 0. The second-order valence-electron chi connectivity index (χ2n) is 9.45. The molecule has 8 heteroatoms. The fourth-order valence-electron chi connectivity index (χ4n) is 4.14. The minimum absolute atomic E-state index is 0.0223. The Kier molecular flexibility index (Phi) is 4.99. The van der Waals surface area contributed by atoms with E-state index in [2.05, 4.69) is 23.6 Å². The van der Waals surface area contributed by atoms with E-state index in [1.165, 1.54) is 4.57 Å². The van der Waals surface area contributed by atoms with Crippen LogP contribution in [0.3, 0.4) is 0 Å². The van der Waals surface area contributed by atoms with Gasteiger partial charge in [0.2, 0.25) is 5.78 Å². The largest absolute Gasteiger partial charge is 0.332 e. The minimum Gasteiger partial charge on any atom is -0.307 e. The van der Waals surface area contributed by atoms with Gasteiger partial charge in [-0.05, 0) is 26.3 Å². The molecular weight excluding hydrogens is 406 g/mol. The summed E-state index contributed by atoms with van der Waals surface area (Å²) in [4.78, 5) is 43.8. The number of Topliss-reactive ketones (excluding diaryl/α,β-unsaturated/α-hetero) is 1. The molecule has 0 radical (unpaired) electrons. The number of benzene rings is 1. The van der Waals surface area contributed by atoms with Gasteiger partial charge in [-0.15, -0.1) is 0 Å². The standard InChI is InChI=1S/C24H29N5O3/c1-14-15(2)29-19-20(25-22(29)28(14)16(3)17-11-9-8-10-12-17)26(7)23(32)27(21(19)31)13-18(30)24(4,5)6/h8-12,16H,13H2,1-7H3. The maximum Gasteiger partial charge on any atom is 0.332 e. The minimum atomic E-state index is -0.660. The molecule has 0 aliphatic heterocycles. The number of rotatable bonds is 4. The molecule has 0 fully saturated rings. The van der Waals surface area contributed by atoms with Crippen LogP contribution in [-0.2, 0) is 18.4 Å². The molecule has 0 bridgehead atoms. The van der Waals surface area contributed by atoms with Gasteiger partial charge in [0, 0.05) is 23.9 Å². The molecule has 0 spiro atoms. The Morgan fingerprint density at radius 1 is 1.06 bits per heavy atom. The summed E-state index contributed by atoms with van der Waals surface area (Å²) in [7, 11) is 1.59. The third-order valence-electron chi connectivity index (χ3n) is 6.37. The van der Waals surface area contributed by atoms with Crippen molar-refractivity contribution in [2.24, 2.45) is 12.5 Å². The molecule has 4 rings (SSSR count). The number of hydrogen-bond acceptors (Lipinski definition) is 4. The monoisotopic (exact) mass is 435 g/mol. The first kappa shape index (κ1) is 21.8. The fourth-order valence-corrected chi connectivity index (χ4v) is 4.14. The molecule has 0 amide bonds. The summed E-state index contributed by atoms with van der Waals surface area (Å²) in [6, 6.07) is 10.0. The predicted molar refractivity (Wildman–Crippen MR) is 124 cm³/mol. The lowest BCUT2D eigenvalue weighted by Gasteiger charge is -2.17. The zero-order valence-corrected chi connectivity index (χ0v) is 19.6. The highest BCUT2D eigenvalue weighted by atomic mass is 16.2. The number of aryl methyl sites for hydroxylation is 2. The molecule has 0 saturated carbocycles. The van der Waals surface area contributed by atoms with Crippen molar-refractivity contribution in [1.29, 1.82) is 0 Å². The van der Waals surface area contributed by atoms with Crippen LogP contribution in [0, 0.1) is 19.3 Å². The summed E-state index contributed by atoms with van der Waals surface area (Å²) < 4.78 is 6.27. The van der Waals surface area contributed by atoms with Gasteiger partial charge in [-0.3, -0.25) is 23.1 Å². The van der Waals surface area contributed by atoms with E-state index in [0.717, 1.165) is 21.5 Å². The summed E-state index contributed by atoms with van der Waals surface area (Å²) in [5, 5.41) is 0. The van der Waals surface area contributed by atoms with Crippen LogP contribution in [-0.4, -0.2) is 28.9 Å². The molecular formula is C24H29N5O3. The van der Waals surface area contributed by atoms with Gasteiger partial charge in [0.15, 0.2) is 16.9 Å². The van der Waals surface area contributed by atoms with Crippen LogP contribution >= 0.6 is 0 Å². The second kappa shape index (κ2) is 7.32. The molecule has 0 N–H and O–H groups in total. The molecule has 3 heterocycles. The van der Waals surface area contributed by atoms with Crippen LogP contribution in [0.25, 0.3) is 16.9 Å². The quantitative estimate of drug-likeness (QED) is 0.493. The van der Waals surface area contributed by atoms with Crippen LogP contribution < -0.4 is 11.2 Å². The van der Waals surface area contributed by atoms with E-state index < -0.39 is 16.7 Å². The highest BCUT2D eigenvalue weighted by molar-refractivity contribution is 5.84. The summed E-state index contributed by atoms with van der Waals surface area (Å²) in [5.41, 5.74) is 1.88. The van der Waals surface area contributed by atoms with Gasteiger partial charge < -0.3 is 4.57 Å². The summed E-state index contributed by atoms with van der Waals surface area (Å²) in [6.45, 7) is 11.1. The van der Waals surface area contributed by atoms with E-state index >= 15 is 0 Å². The number of imidazole rings is 2. The van der Waals surface area contributed by atoms with Crippen molar-refractivity contribution in [2.75, 3.05) is 0 Å². The molecule has 0 saturated heterocycles. The third kappa shape index (κ3) is 3.13. The molecule has 8 nitrogen and oxygen atoms in total. The number of fused-ring (bicyclic) bond motifs is 3. The first-order valence-corrected chi connectivity index (χ1v) is 10.7. The highest BCUT2D eigenvalue weighted by Crippen LogP contribution is 2.28. The van der Waals surface area contributed by atoms with Crippen molar-refractivity contribution in [3.8, 4) is 0 Å². The molecule has 1 atom stereocenters. The van der Waals surface area contributed by atoms with Gasteiger partial charge in [0.05, 0.1) is 12.6 Å². The second-order valence-corrected chi connectivity index (χ2v) is 9.45. The van der Waals surface area contributed by atoms with E-state index in [9.17, 15) is 14.4 Å². The van der Waals surface area contributed by atoms with Crippen molar-refractivity contribution < 1.29 is 4.79 Å². The Bertz CT molecular complexity index is 1480. The molecule has 4 aromatic rings. The van der Waals surface area contributed by atoms with Gasteiger partial charge in [0.1, 0.15) is 0 Å². The average Bonchev–Trinajstić information content (AvgIpc) is 3.24. The number of carbonyl (C=O) groups excluding carboxylic acids is 1. The SMILES string of the molecule is Cc1c(C)n2c3c(=O)n(CC(=O)C(C)(C)C)c(=O)n(C)c3nc2n1C(C)c1ccccc1. The van der Waals surface area contributed by atoms with Crippen molar-refractivity contribution >= 4 is 22.7 Å². The van der Waals surface area contributed by atoms with E-state index in [0.29, 0.717) is 16.9 Å². The molecule has 0 aliphatic carbocycles. The van der Waals surface area contributed by atoms with Crippen molar-refractivity contribution in [3.05, 3.63) is 68.1 Å². The van der Waals surface area contributed by atoms with Gasteiger partial charge in [-0.25, -0.2) is 4.79 Å². The molecule has 32 heavy (non-hydrogen) atoms. The van der Waals surface area contributed by atoms with E-state index in [-0.39, 0.29) is 18.4 Å². The maximum atomic E-state index is 13.5. The Labute approximate surface area is 185 Å². The molecule has 168 valence electrons. The summed E-state index contributed by atoms with van der Waals surface area (Å²) in [6.07, 6.45) is 0. The first-order valence-electron chi connectivity index (χ1n) is 10.7. The van der Waals surface area contributed by atoms with Crippen LogP contribution in [0.4, 0.5) is 0 Å². The van der Waals surface area contributed by atoms with Gasteiger partial charge in [-0.1, -0.05) is 51.1 Å². The van der Waals surface area contributed by atoms with Crippen LogP contribution in [0.5, 0.6) is 0 Å². The Balaban J connectivity index is 2.04. The zero-order chi connectivity index (χ0) is 23.5. The molecule has 3 aromatic heterocycles. The Morgan fingerprint density at radius 2 is 1.69 bits per heavy atom. The fraction of sp³-hybridized carbons (Fsp3) is 0.417. The number of ketones is 1. The van der Waals surface area contributed by atoms with Crippen molar-refractivity contribution in [2.45, 2.75) is 54.1 Å². The maximum absolute atomic E-state index is 13.5. The molecule has 1 aromatic carbocycles. The van der Waals surface area contributed by atoms with E-state index in [4.69, 9.17) is 4.98 Å². The average molecular weight is 436 g/mol. The van der Waals surface area contributed by atoms with E-state index in [1.54, 1.807) is 27.8 Å². The van der Waals surface area contributed by atoms with Crippen molar-refractivity contribution in [3.63, 3.8) is 0 Å². The number of nitrogens with zero attached hydrogens (tertiary/aromatic N) is 5. The van der Waals surface area contributed by atoms with Gasteiger partial charge in [0.25, 0.3) is 5.56 Å². The van der Waals surface area contributed by atoms with Crippen molar-refractivity contribution in [1.82, 2.24) is 23.1 Å². The number of aromatic nitrogens is 5. The third-order valence-corrected chi connectivity index (χ3v) is 6.37.